The Hall–Kier alpha value is -0.220. The number of nitrogens with one attached hydrogen (secondary N) is 1. The van der Waals surface area contributed by atoms with Crippen LogP contribution >= 0.6 is 55.1 Å². The van der Waals surface area contributed by atoms with E-state index in [0.717, 1.165) is 14.6 Å². The summed E-state index contributed by atoms with van der Waals surface area (Å²) >= 11 is 18.9. The van der Waals surface area contributed by atoms with Gasteiger partial charge in [0, 0.05) is 20.7 Å². The van der Waals surface area contributed by atoms with Gasteiger partial charge in [0.25, 0.3) is 0 Å². The van der Waals surface area contributed by atoms with Crippen molar-refractivity contribution in [3.63, 3.8) is 0 Å². The van der Waals surface area contributed by atoms with E-state index in [-0.39, 0.29) is 6.04 Å². The van der Waals surface area contributed by atoms with E-state index >= 15 is 0 Å². The van der Waals surface area contributed by atoms with Crippen molar-refractivity contribution in [2.75, 3.05) is 5.32 Å². The third-order valence-electron chi connectivity index (χ3n) is 2.73. The molecule has 2 aromatic carbocycles. The molecule has 100 valence electrons. The van der Waals surface area contributed by atoms with Crippen molar-refractivity contribution in [1.82, 2.24) is 0 Å². The topological polar surface area (TPSA) is 12.0 Å². The molecule has 0 aliphatic heterocycles. The summed E-state index contributed by atoms with van der Waals surface area (Å²) in [5, 5.41) is 4.51. The second-order valence-corrected chi connectivity index (χ2v) is 6.75. The molecule has 0 saturated heterocycles. The average Bonchev–Trinajstić information content (AvgIpc) is 2.33. The monoisotopic (exact) mass is 421 g/mol. The summed E-state index contributed by atoms with van der Waals surface area (Å²) in [4.78, 5) is 0. The predicted molar refractivity (Wildman–Crippen MR) is 90.3 cm³/mol. The highest BCUT2D eigenvalue weighted by atomic mass is 79.9. The fraction of sp³-hybridized carbons (Fsp3) is 0.143. The highest BCUT2D eigenvalue weighted by Crippen LogP contribution is 2.31. The average molecular weight is 424 g/mol. The summed E-state index contributed by atoms with van der Waals surface area (Å²) in [6.45, 7) is 2.09. The maximum absolute atomic E-state index is 6.01. The molecule has 0 aromatic heterocycles. The van der Waals surface area contributed by atoms with Gasteiger partial charge in [-0.05, 0) is 42.8 Å². The Bertz CT molecular complexity index is 602. The molecule has 0 saturated carbocycles. The van der Waals surface area contributed by atoms with Gasteiger partial charge in [0.2, 0.25) is 0 Å². The lowest BCUT2D eigenvalue weighted by Gasteiger charge is -2.17. The smallest absolute Gasteiger partial charge is 0.0612 e. The number of anilines is 1. The summed E-state index contributed by atoms with van der Waals surface area (Å²) in [6.07, 6.45) is 0. The van der Waals surface area contributed by atoms with Gasteiger partial charge in [0.05, 0.1) is 10.0 Å². The molecule has 19 heavy (non-hydrogen) atoms. The SMILES string of the molecule is CC(Nc1ccc(Cl)c(Cl)c1)c1ccc(Br)cc1Br. The molecule has 0 heterocycles. The fourth-order valence-corrected chi connectivity index (χ4v) is 3.45. The molecule has 0 aliphatic carbocycles. The lowest BCUT2D eigenvalue weighted by Crippen LogP contribution is -2.07. The highest BCUT2D eigenvalue weighted by Gasteiger charge is 2.10. The van der Waals surface area contributed by atoms with Crippen molar-refractivity contribution in [2.24, 2.45) is 0 Å². The molecule has 2 rings (SSSR count). The third kappa shape index (κ3) is 3.88. The summed E-state index contributed by atoms with van der Waals surface area (Å²) < 4.78 is 2.10. The van der Waals surface area contributed by atoms with Gasteiger partial charge >= 0.3 is 0 Å². The van der Waals surface area contributed by atoms with E-state index in [2.05, 4.69) is 50.2 Å². The Kier molecular flexibility index (Phi) is 5.18. The molecule has 1 nitrogen and oxygen atoms in total. The summed E-state index contributed by atoms with van der Waals surface area (Å²) in [5.74, 6) is 0. The summed E-state index contributed by atoms with van der Waals surface area (Å²) in [6, 6.07) is 11.8. The Morgan fingerprint density at radius 2 is 1.74 bits per heavy atom. The van der Waals surface area contributed by atoms with E-state index in [1.165, 1.54) is 5.56 Å². The first-order valence-electron chi connectivity index (χ1n) is 5.64. The van der Waals surface area contributed by atoms with Crippen LogP contribution in [0.5, 0.6) is 0 Å². The second kappa shape index (κ2) is 6.49. The van der Waals surface area contributed by atoms with Crippen molar-refractivity contribution in [1.29, 1.82) is 0 Å². The number of benzene rings is 2. The molecule has 2 aromatic rings. The molecule has 0 aliphatic rings. The van der Waals surface area contributed by atoms with Gasteiger partial charge in [0.1, 0.15) is 0 Å². The molecule has 0 spiro atoms. The minimum atomic E-state index is 0.153. The second-order valence-electron chi connectivity index (χ2n) is 4.16. The summed E-state index contributed by atoms with van der Waals surface area (Å²) in [7, 11) is 0. The van der Waals surface area contributed by atoms with Crippen LogP contribution in [0.1, 0.15) is 18.5 Å². The van der Waals surface area contributed by atoms with Crippen LogP contribution in [0.3, 0.4) is 0 Å². The Morgan fingerprint density at radius 1 is 1.00 bits per heavy atom. The molecule has 0 fully saturated rings. The van der Waals surface area contributed by atoms with Crippen LogP contribution in [-0.2, 0) is 0 Å². The predicted octanol–water partition coefficient (Wildman–Crippen LogP) is 6.69. The van der Waals surface area contributed by atoms with Gasteiger partial charge in [-0.2, -0.15) is 0 Å². The van der Waals surface area contributed by atoms with E-state index in [0.29, 0.717) is 10.0 Å². The molecule has 1 atom stereocenters. The van der Waals surface area contributed by atoms with E-state index in [1.807, 2.05) is 24.3 Å². The van der Waals surface area contributed by atoms with Crippen LogP contribution in [-0.4, -0.2) is 0 Å². The first-order chi connectivity index (χ1) is 8.97. The Balaban J connectivity index is 2.20. The Labute approximate surface area is 139 Å². The first-order valence-corrected chi connectivity index (χ1v) is 7.98. The van der Waals surface area contributed by atoms with Gasteiger partial charge in [-0.1, -0.05) is 61.1 Å². The van der Waals surface area contributed by atoms with E-state index in [9.17, 15) is 0 Å². The normalized spacial score (nSPS) is 12.3. The van der Waals surface area contributed by atoms with Gasteiger partial charge in [-0.15, -0.1) is 0 Å². The third-order valence-corrected chi connectivity index (χ3v) is 4.65. The fourth-order valence-electron chi connectivity index (χ4n) is 1.77. The number of rotatable bonds is 3. The zero-order valence-corrected chi connectivity index (χ0v) is 14.7. The van der Waals surface area contributed by atoms with Crippen molar-refractivity contribution in [2.45, 2.75) is 13.0 Å². The van der Waals surface area contributed by atoms with E-state index in [4.69, 9.17) is 23.2 Å². The lowest BCUT2D eigenvalue weighted by atomic mass is 10.1. The molecule has 5 heteroatoms. The van der Waals surface area contributed by atoms with E-state index < -0.39 is 0 Å². The standard InChI is InChI=1S/C14H11Br2Cl2N/c1-8(11-4-2-9(15)6-12(11)16)19-10-3-5-13(17)14(18)7-10/h2-8,19H,1H3. The Morgan fingerprint density at radius 3 is 2.37 bits per heavy atom. The van der Waals surface area contributed by atoms with E-state index in [1.54, 1.807) is 6.07 Å². The van der Waals surface area contributed by atoms with Crippen molar-refractivity contribution in [3.05, 3.63) is 61.0 Å². The van der Waals surface area contributed by atoms with Crippen LogP contribution < -0.4 is 5.32 Å². The molecule has 0 bridgehead atoms. The van der Waals surface area contributed by atoms with Crippen LogP contribution in [0.4, 0.5) is 5.69 Å². The minimum Gasteiger partial charge on any atom is -0.378 e. The quantitative estimate of drug-likeness (QED) is 0.579. The lowest BCUT2D eigenvalue weighted by molar-refractivity contribution is 0.878. The largest absolute Gasteiger partial charge is 0.378 e. The maximum Gasteiger partial charge on any atom is 0.0612 e. The van der Waals surface area contributed by atoms with Crippen LogP contribution in [0.2, 0.25) is 10.0 Å². The van der Waals surface area contributed by atoms with Gasteiger partial charge < -0.3 is 5.32 Å². The maximum atomic E-state index is 6.01. The van der Waals surface area contributed by atoms with Crippen LogP contribution in [0, 0.1) is 0 Å². The number of hydrogen-bond donors (Lipinski definition) is 1. The first kappa shape index (κ1) is 15.2. The molecule has 0 radical (unpaired) electrons. The van der Waals surface area contributed by atoms with Gasteiger partial charge in [0.15, 0.2) is 0 Å². The zero-order valence-electron chi connectivity index (χ0n) is 10.1. The minimum absolute atomic E-state index is 0.153. The molecule has 1 N–H and O–H groups in total. The molecular formula is C14H11Br2Cl2N. The van der Waals surface area contributed by atoms with Crippen molar-refractivity contribution in [3.8, 4) is 0 Å². The molecular weight excluding hydrogens is 413 g/mol. The number of hydrogen-bond acceptors (Lipinski definition) is 1. The highest BCUT2D eigenvalue weighted by molar-refractivity contribution is 9.11. The van der Waals surface area contributed by atoms with Crippen LogP contribution in [0.25, 0.3) is 0 Å². The number of halogens is 4. The van der Waals surface area contributed by atoms with Crippen molar-refractivity contribution >= 4 is 60.7 Å². The van der Waals surface area contributed by atoms with Gasteiger partial charge in [-0.25, -0.2) is 0 Å². The zero-order chi connectivity index (χ0) is 14.0. The van der Waals surface area contributed by atoms with Crippen LogP contribution in [0.15, 0.2) is 45.3 Å². The van der Waals surface area contributed by atoms with Gasteiger partial charge in [-0.3, -0.25) is 0 Å². The molecule has 0 amide bonds. The molecule has 1 unspecified atom stereocenters. The van der Waals surface area contributed by atoms with Crippen molar-refractivity contribution < 1.29 is 0 Å². The summed E-state index contributed by atoms with van der Waals surface area (Å²) in [5.41, 5.74) is 2.12.